The predicted octanol–water partition coefficient (Wildman–Crippen LogP) is 1.97. The molecule has 0 saturated heterocycles. The van der Waals surface area contributed by atoms with Crippen LogP contribution >= 0.6 is 0 Å². The number of hydrogen-bond donors (Lipinski definition) is 0. The average Bonchev–Trinajstić information content (AvgIpc) is 2.57. The molecule has 0 bridgehead atoms. The largest absolute Gasteiger partial charge is 0.293 e. The lowest BCUT2D eigenvalue weighted by atomic mass is 10.2. The van der Waals surface area contributed by atoms with Crippen molar-refractivity contribution < 1.29 is 4.39 Å². The summed E-state index contributed by atoms with van der Waals surface area (Å²) in [5.74, 6) is 0. The Balaban J connectivity index is 2.08. The van der Waals surface area contributed by atoms with Gasteiger partial charge in [0, 0.05) is 24.8 Å². The maximum atomic E-state index is 13.4. The first-order valence-corrected chi connectivity index (χ1v) is 5.44. The van der Waals surface area contributed by atoms with Gasteiger partial charge in [-0.05, 0) is 20.4 Å². The van der Waals surface area contributed by atoms with E-state index in [0.29, 0.717) is 6.54 Å². The second-order valence-electron chi connectivity index (χ2n) is 4.82. The van der Waals surface area contributed by atoms with Gasteiger partial charge in [0.2, 0.25) is 0 Å². The van der Waals surface area contributed by atoms with Crippen molar-refractivity contribution in [1.82, 2.24) is 14.7 Å². The first kappa shape index (κ1) is 10.6. The highest BCUT2D eigenvalue weighted by Crippen LogP contribution is 2.22. The summed E-state index contributed by atoms with van der Waals surface area (Å²) in [6, 6.07) is 0. The molecule has 0 atom stereocenters. The van der Waals surface area contributed by atoms with Crippen molar-refractivity contribution in [2.75, 3.05) is 6.54 Å². The van der Waals surface area contributed by atoms with E-state index in [1.807, 2.05) is 6.20 Å². The van der Waals surface area contributed by atoms with Gasteiger partial charge in [0.15, 0.2) is 0 Å². The zero-order chi connectivity index (χ0) is 11.1. The Labute approximate surface area is 89.9 Å². The Bertz CT molecular complexity index is 328. The number of halogens is 1. The van der Waals surface area contributed by atoms with Crippen LogP contribution in [-0.4, -0.2) is 26.9 Å². The molecule has 2 heterocycles. The lowest BCUT2D eigenvalue weighted by molar-refractivity contribution is 0.178. The van der Waals surface area contributed by atoms with Crippen molar-refractivity contribution >= 4 is 0 Å². The molecule has 0 amide bonds. The molecule has 0 aromatic carbocycles. The van der Waals surface area contributed by atoms with E-state index in [1.54, 1.807) is 18.5 Å². The Kier molecular flexibility index (Phi) is 2.54. The van der Waals surface area contributed by atoms with Crippen molar-refractivity contribution in [3.8, 4) is 0 Å². The van der Waals surface area contributed by atoms with Crippen LogP contribution in [0.25, 0.3) is 0 Å². The van der Waals surface area contributed by atoms with E-state index in [2.05, 4.69) is 16.9 Å². The van der Waals surface area contributed by atoms with Gasteiger partial charge >= 0.3 is 0 Å². The quantitative estimate of drug-likeness (QED) is 0.762. The summed E-state index contributed by atoms with van der Waals surface area (Å²) < 4.78 is 15.1. The Morgan fingerprint density at radius 3 is 2.73 bits per heavy atom. The van der Waals surface area contributed by atoms with Crippen LogP contribution in [0, 0.1) is 0 Å². The Morgan fingerprint density at radius 1 is 1.47 bits per heavy atom. The van der Waals surface area contributed by atoms with Gasteiger partial charge < -0.3 is 0 Å². The molecule has 4 heteroatoms. The molecular formula is C11H18FN3. The molecule has 0 radical (unpaired) electrons. The topological polar surface area (TPSA) is 21.1 Å². The monoisotopic (exact) mass is 211 g/mol. The Morgan fingerprint density at radius 2 is 2.20 bits per heavy atom. The van der Waals surface area contributed by atoms with Crippen LogP contribution in [0.3, 0.4) is 0 Å². The fraction of sp³-hybridized carbons (Fsp3) is 0.727. The number of hydrogen-bond acceptors (Lipinski definition) is 2. The van der Waals surface area contributed by atoms with Crippen LogP contribution in [0.4, 0.5) is 4.39 Å². The van der Waals surface area contributed by atoms with Gasteiger partial charge in [0.25, 0.3) is 0 Å². The van der Waals surface area contributed by atoms with Gasteiger partial charge in [-0.15, -0.1) is 0 Å². The van der Waals surface area contributed by atoms with Crippen molar-refractivity contribution in [2.45, 2.75) is 46.1 Å². The van der Waals surface area contributed by atoms with Crippen molar-refractivity contribution in [3.05, 3.63) is 17.5 Å². The summed E-state index contributed by atoms with van der Waals surface area (Å²) in [6.07, 6.45) is 1.98. The van der Waals surface area contributed by atoms with E-state index in [9.17, 15) is 4.39 Å². The van der Waals surface area contributed by atoms with Crippen molar-refractivity contribution in [3.63, 3.8) is 0 Å². The van der Waals surface area contributed by atoms with Gasteiger partial charge in [0.05, 0.1) is 12.2 Å². The summed E-state index contributed by atoms with van der Waals surface area (Å²) in [4.78, 5) is 2.32. The third-order valence-electron chi connectivity index (χ3n) is 2.68. The zero-order valence-corrected chi connectivity index (χ0v) is 9.63. The first-order valence-electron chi connectivity index (χ1n) is 5.44. The van der Waals surface area contributed by atoms with Gasteiger partial charge in [-0.25, -0.2) is 4.39 Å². The molecule has 2 rings (SSSR count). The second-order valence-corrected chi connectivity index (χ2v) is 4.82. The van der Waals surface area contributed by atoms with Gasteiger partial charge in [-0.2, -0.15) is 5.10 Å². The maximum Gasteiger partial charge on any atom is 0.124 e. The molecule has 0 aliphatic carbocycles. The third kappa shape index (κ3) is 2.37. The predicted molar refractivity (Wildman–Crippen MR) is 57.2 cm³/mol. The SMILES string of the molecule is CCN1Cc2cn(CC(C)(C)F)nc2C1. The molecule has 0 N–H and O–H groups in total. The fourth-order valence-electron chi connectivity index (χ4n) is 1.97. The molecule has 0 unspecified atom stereocenters. The van der Waals surface area contributed by atoms with E-state index < -0.39 is 5.67 Å². The summed E-state index contributed by atoms with van der Waals surface area (Å²) in [7, 11) is 0. The molecule has 15 heavy (non-hydrogen) atoms. The molecule has 0 saturated carbocycles. The van der Waals surface area contributed by atoms with Gasteiger partial charge in [-0.3, -0.25) is 9.58 Å². The van der Waals surface area contributed by atoms with Crippen LogP contribution in [0.15, 0.2) is 6.20 Å². The van der Waals surface area contributed by atoms with E-state index in [-0.39, 0.29) is 0 Å². The Hall–Kier alpha value is -0.900. The highest BCUT2D eigenvalue weighted by atomic mass is 19.1. The average molecular weight is 211 g/mol. The van der Waals surface area contributed by atoms with Crippen LogP contribution in [0.2, 0.25) is 0 Å². The van der Waals surface area contributed by atoms with Crippen LogP contribution in [-0.2, 0) is 19.6 Å². The highest BCUT2D eigenvalue weighted by Gasteiger charge is 2.23. The maximum absolute atomic E-state index is 13.4. The van der Waals surface area contributed by atoms with E-state index in [1.165, 1.54) is 5.56 Å². The van der Waals surface area contributed by atoms with Crippen LogP contribution < -0.4 is 0 Å². The van der Waals surface area contributed by atoms with Gasteiger partial charge in [0.1, 0.15) is 5.67 Å². The number of rotatable bonds is 3. The van der Waals surface area contributed by atoms with Gasteiger partial charge in [-0.1, -0.05) is 6.92 Å². The van der Waals surface area contributed by atoms with E-state index >= 15 is 0 Å². The normalized spacial score (nSPS) is 17.1. The summed E-state index contributed by atoms with van der Waals surface area (Å²) in [5.41, 5.74) is 1.17. The van der Waals surface area contributed by atoms with Crippen LogP contribution in [0.5, 0.6) is 0 Å². The molecule has 1 aromatic rings. The van der Waals surface area contributed by atoms with Crippen molar-refractivity contribution in [1.29, 1.82) is 0 Å². The summed E-state index contributed by atoms with van der Waals surface area (Å²) in [6.45, 7) is 8.56. The second kappa shape index (κ2) is 3.59. The highest BCUT2D eigenvalue weighted by molar-refractivity contribution is 5.21. The zero-order valence-electron chi connectivity index (χ0n) is 9.63. The summed E-state index contributed by atoms with van der Waals surface area (Å²) in [5, 5.41) is 4.41. The lowest BCUT2D eigenvalue weighted by Crippen LogP contribution is -2.22. The first-order chi connectivity index (χ1) is 6.98. The number of fused-ring (bicyclic) bond motifs is 1. The van der Waals surface area contributed by atoms with Crippen molar-refractivity contribution in [2.24, 2.45) is 0 Å². The molecule has 1 aliphatic heterocycles. The minimum atomic E-state index is -1.19. The molecule has 84 valence electrons. The van der Waals surface area contributed by atoms with E-state index in [4.69, 9.17) is 0 Å². The van der Waals surface area contributed by atoms with Crippen LogP contribution in [0.1, 0.15) is 32.0 Å². The standard InChI is InChI=1S/C11H18FN3/c1-4-14-5-9-6-15(8-11(2,3)12)13-10(9)7-14/h6H,4-5,7-8H2,1-3H3. The molecule has 1 aliphatic rings. The number of alkyl halides is 1. The minimum Gasteiger partial charge on any atom is -0.293 e. The molecular weight excluding hydrogens is 193 g/mol. The molecule has 1 aromatic heterocycles. The fourth-order valence-corrected chi connectivity index (χ4v) is 1.97. The molecule has 0 spiro atoms. The molecule has 3 nitrogen and oxygen atoms in total. The minimum absolute atomic E-state index is 0.339. The number of aromatic nitrogens is 2. The smallest absolute Gasteiger partial charge is 0.124 e. The third-order valence-corrected chi connectivity index (χ3v) is 2.68. The summed E-state index contributed by atoms with van der Waals surface area (Å²) >= 11 is 0. The molecule has 0 fully saturated rings. The number of nitrogens with zero attached hydrogens (tertiary/aromatic N) is 3. The lowest BCUT2D eigenvalue weighted by Gasteiger charge is -2.15. The van der Waals surface area contributed by atoms with E-state index in [0.717, 1.165) is 25.3 Å².